The summed E-state index contributed by atoms with van der Waals surface area (Å²) in [7, 11) is -3.80. The van der Waals surface area contributed by atoms with Crippen molar-refractivity contribution in [2.24, 2.45) is 5.92 Å². The van der Waals surface area contributed by atoms with Crippen molar-refractivity contribution < 1.29 is 22.7 Å². The molecule has 1 fully saturated rings. The summed E-state index contributed by atoms with van der Waals surface area (Å²) in [5.74, 6) is -0.330. The first kappa shape index (κ1) is 22.6. The molecular weight excluding hydrogens is 406 g/mol. The molecule has 0 aromatic heterocycles. The number of amides is 2. The topological polar surface area (TPSA) is 105 Å². The van der Waals surface area contributed by atoms with E-state index < -0.39 is 16.1 Å². The van der Waals surface area contributed by atoms with Gasteiger partial charge >= 0.3 is 0 Å². The summed E-state index contributed by atoms with van der Waals surface area (Å²) in [6.07, 6.45) is 1.97. The molecule has 2 N–H and O–H groups in total. The van der Waals surface area contributed by atoms with Crippen molar-refractivity contribution in [2.75, 3.05) is 18.4 Å². The number of nitrogens with one attached hydrogen (secondary N) is 2. The smallest absolute Gasteiger partial charge is 0.265 e. The molecule has 1 saturated heterocycles. The Morgan fingerprint density at radius 1 is 1.37 bits per heavy atom. The van der Waals surface area contributed by atoms with Gasteiger partial charge in [0.1, 0.15) is 5.75 Å². The Kier molecular flexibility index (Phi) is 6.71. The molecule has 1 aromatic carbocycles. The van der Waals surface area contributed by atoms with Crippen LogP contribution in [0.1, 0.15) is 52.0 Å². The number of ether oxygens (including phenoxy) is 1. The third-order valence-electron chi connectivity index (χ3n) is 5.84. The summed E-state index contributed by atoms with van der Waals surface area (Å²) < 4.78 is 33.9. The van der Waals surface area contributed by atoms with Crippen LogP contribution in [-0.4, -0.2) is 49.8 Å². The molecule has 2 aliphatic heterocycles. The van der Waals surface area contributed by atoms with Crippen LogP contribution < -0.4 is 15.4 Å². The zero-order valence-corrected chi connectivity index (χ0v) is 18.8. The number of anilines is 1. The lowest BCUT2D eigenvalue weighted by molar-refractivity contribution is -0.126. The number of sulfonamides is 1. The molecule has 1 aromatic rings. The number of benzene rings is 1. The van der Waals surface area contributed by atoms with E-state index in [1.807, 2.05) is 20.8 Å². The molecule has 0 radical (unpaired) electrons. The Morgan fingerprint density at radius 3 is 2.77 bits per heavy atom. The summed E-state index contributed by atoms with van der Waals surface area (Å²) in [6.45, 7) is 8.00. The minimum atomic E-state index is -3.80. The molecule has 166 valence electrons. The van der Waals surface area contributed by atoms with Crippen molar-refractivity contribution in [3.8, 4) is 5.75 Å². The van der Waals surface area contributed by atoms with Crippen molar-refractivity contribution >= 4 is 27.5 Å². The third kappa shape index (κ3) is 4.46. The van der Waals surface area contributed by atoms with Gasteiger partial charge in [0.05, 0.1) is 16.5 Å². The molecular formula is C21H31N3O5S. The van der Waals surface area contributed by atoms with Gasteiger partial charge in [-0.05, 0) is 51.2 Å². The molecule has 0 aliphatic carbocycles. The largest absolute Gasteiger partial charge is 0.478 e. The second-order valence-corrected chi connectivity index (χ2v) is 10.0. The van der Waals surface area contributed by atoms with Crippen molar-refractivity contribution in [1.29, 1.82) is 0 Å². The Bertz CT molecular complexity index is 931. The molecule has 3 atom stereocenters. The SMILES string of the molecule is CCC(C)NC(=O)C1CCCN(S(=O)(=O)c2cc3c(cc2C)NC(=O)C(CC)O3)C1. The van der Waals surface area contributed by atoms with Crippen LogP contribution in [0.4, 0.5) is 5.69 Å². The van der Waals surface area contributed by atoms with Crippen molar-refractivity contribution in [2.45, 2.75) is 70.4 Å². The number of piperidine rings is 1. The standard InChI is InChI=1S/C21H31N3O5S/c1-5-14(4)22-20(25)15-8-7-9-24(12-15)30(27,28)19-11-18-16(10-13(19)3)23-21(26)17(6-2)29-18/h10-11,14-15,17H,5-9,12H2,1-4H3,(H,22,25)(H,23,26). The lowest BCUT2D eigenvalue weighted by Gasteiger charge is -2.32. The van der Waals surface area contributed by atoms with Crippen LogP contribution >= 0.6 is 0 Å². The van der Waals surface area contributed by atoms with E-state index in [-0.39, 0.29) is 35.2 Å². The number of aryl methyl sites for hydroxylation is 1. The summed E-state index contributed by atoms with van der Waals surface area (Å²) in [5.41, 5.74) is 1.00. The Hall–Kier alpha value is -2.13. The molecule has 2 aliphatic rings. The van der Waals surface area contributed by atoms with E-state index in [4.69, 9.17) is 4.74 Å². The fraction of sp³-hybridized carbons (Fsp3) is 0.619. The Morgan fingerprint density at radius 2 is 2.10 bits per heavy atom. The zero-order valence-electron chi connectivity index (χ0n) is 18.0. The van der Waals surface area contributed by atoms with Crippen molar-refractivity contribution in [1.82, 2.24) is 9.62 Å². The molecule has 0 bridgehead atoms. The summed E-state index contributed by atoms with van der Waals surface area (Å²) in [4.78, 5) is 24.7. The number of hydrogen-bond acceptors (Lipinski definition) is 5. The minimum Gasteiger partial charge on any atom is -0.478 e. The van der Waals surface area contributed by atoms with Gasteiger partial charge in [0.25, 0.3) is 5.91 Å². The predicted molar refractivity (Wildman–Crippen MR) is 114 cm³/mol. The first-order valence-electron chi connectivity index (χ1n) is 10.6. The lowest BCUT2D eigenvalue weighted by Crippen LogP contribution is -2.47. The molecule has 2 amide bonds. The highest BCUT2D eigenvalue weighted by atomic mass is 32.2. The number of fused-ring (bicyclic) bond motifs is 1. The minimum absolute atomic E-state index is 0.0613. The molecule has 2 heterocycles. The number of hydrogen-bond donors (Lipinski definition) is 2. The fourth-order valence-corrected chi connectivity index (χ4v) is 5.55. The molecule has 3 rings (SSSR count). The number of nitrogens with zero attached hydrogens (tertiary/aromatic N) is 1. The maximum atomic E-state index is 13.4. The van der Waals surface area contributed by atoms with Crippen molar-refractivity contribution in [3.63, 3.8) is 0 Å². The number of carbonyl (C=O) groups is 2. The fourth-order valence-electron chi connectivity index (χ4n) is 3.81. The third-order valence-corrected chi connectivity index (χ3v) is 7.85. The van der Waals surface area contributed by atoms with Gasteiger partial charge in [-0.25, -0.2) is 8.42 Å². The predicted octanol–water partition coefficient (Wildman–Crippen LogP) is 2.42. The van der Waals surface area contributed by atoms with Crippen LogP contribution in [-0.2, 0) is 19.6 Å². The molecule has 0 saturated carbocycles. The Labute approximate surface area is 178 Å². The average molecular weight is 438 g/mol. The zero-order chi connectivity index (χ0) is 22.1. The van der Waals surface area contributed by atoms with Crippen LogP contribution in [0, 0.1) is 12.8 Å². The monoisotopic (exact) mass is 437 g/mol. The van der Waals surface area contributed by atoms with Gasteiger partial charge in [0.15, 0.2) is 6.10 Å². The van der Waals surface area contributed by atoms with Gasteiger partial charge in [-0.1, -0.05) is 13.8 Å². The van der Waals surface area contributed by atoms with E-state index in [2.05, 4.69) is 10.6 Å². The first-order valence-corrected chi connectivity index (χ1v) is 12.0. The second kappa shape index (κ2) is 8.93. The van der Waals surface area contributed by atoms with E-state index in [1.165, 1.54) is 10.4 Å². The van der Waals surface area contributed by atoms with Gasteiger partial charge in [0.2, 0.25) is 15.9 Å². The van der Waals surface area contributed by atoms with E-state index in [0.29, 0.717) is 42.8 Å². The molecule has 8 nitrogen and oxygen atoms in total. The van der Waals surface area contributed by atoms with Crippen LogP contribution in [0.25, 0.3) is 0 Å². The Balaban J connectivity index is 1.85. The van der Waals surface area contributed by atoms with Gasteiger partial charge in [-0.3, -0.25) is 9.59 Å². The highest BCUT2D eigenvalue weighted by molar-refractivity contribution is 7.89. The number of rotatable bonds is 6. The lowest BCUT2D eigenvalue weighted by atomic mass is 9.98. The highest BCUT2D eigenvalue weighted by Crippen LogP contribution is 2.36. The van der Waals surface area contributed by atoms with Gasteiger partial charge in [-0.15, -0.1) is 0 Å². The highest BCUT2D eigenvalue weighted by Gasteiger charge is 2.36. The van der Waals surface area contributed by atoms with Crippen LogP contribution in [0.2, 0.25) is 0 Å². The van der Waals surface area contributed by atoms with E-state index in [1.54, 1.807) is 13.0 Å². The molecule has 9 heteroatoms. The maximum absolute atomic E-state index is 13.4. The quantitative estimate of drug-likeness (QED) is 0.711. The number of carbonyl (C=O) groups excluding carboxylic acids is 2. The first-order chi connectivity index (χ1) is 14.2. The van der Waals surface area contributed by atoms with Crippen LogP contribution in [0.3, 0.4) is 0 Å². The van der Waals surface area contributed by atoms with E-state index in [0.717, 1.165) is 6.42 Å². The van der Waals surface area contributed by atoms with Gasteiger partial charge in [0, 0.05) is 25.2 Å². The average Bonchev–Trinajstić information content (AvgIpc) is 2.72. The van der Waals surface area contributed by atoms with Crippen molar-refractivity contribution in [3.05, 3.63) is 17.7 Å². The van der Waals surface area contributed by atoms with E-state index in [9.17, 15) is 18.0 Å². The molecule has 0 spiro atoms. The second-order valence-electron chi connectivity index (χ2n) is 8.14. The molecule has 30 heavy (non-hydrogen) atoms. The van der Waals surface area contributed by atoms with E-state index >= 15 is 0 Å². The molecule has 3 unspecified atom stereocenters. The van der Waals surface area contributed by atoms with Crippen LogP contribution in [0.15, 0.2) is 17.0 Å². The van der Waals surface area contributed by atoms with Gasteiger partial charge in [-0.2, -0.15) is 4.31 Å². The summed E-state index contributed by atoms with van der Waals surface area (Å²) in [6, 6.07) is 3.18. The maximum Gasteiger partial charge on any atom is 0.265 e. The normalized spacial score (nSPS) is 23.1. The van der Waals surface area contributed by atoms with Crippen LogP contribution in [0.5, 0.6) is 5.75 Å². The summed E-state index contributed by atoms with van der Waals surface area (Å²) >= 11 is 0. The van der Waals surface area contributed by atoms with Gasteiger partial charge < -0.3 is 15.4 Å². The summed E-state index contributed by atoms with van der Waals surface area (Å²) in [5, 5.41) is 5.74.